The van der Waals surface area contributed by atoms with Gasteiger partial charge in [0.1, 0.15) is 5.82 Å². The Hall–Kier alpha value is -0.870. The fraction of sp³-hybridized carbons (Fsp3) is 0.625. The number of hydrogen-bond donors (Lipinski definition) is 2. The molecule has 0 saturated heterocycles. The van der Waals surface area contributed by atoms with E-state index in [1.165, 1.54) is 0 Å². The fourth-order valence-corrected chi connectivity index (χ4v) is 1.13. The molecule has 1 heterocycles. The smallest absolute Gasteiger partial charge is 0.105 e. The monoisotopic (exact) mass is 169 g/mol. The van der Waals surface area contributed by atoms with Crippen LogP contribution in [0.1, 0.15) is 24.0 Å². The molecule has 0 bridgehead atoms. The summed E-state index contributed by atoms with van der Waals surface area (Å²) >= 11 is 0. The summed E-state index contributed by atoms with van der Waals surface area (Å²) in [6.07, 6.45) is 1.79. The van der Waals surface area contributed by atoms with Gasteiger partial charge < -0.3 is 15.4 Å². The minimum Gasteiger partial charge on any atom is -0.387 e. The molecule has 1 aromatic heterocycles. The molecule has 0 amide bonds. The van der Waals surface area contributed by atoms with Gasteiger partial charge in [-0.05, 0) is 19.9 Å². The first-order chi connectivity index (χ1) is 5.66. The van der Waals surface area contributed by atoms with Gasteiger partial charge in [0.15, 0.2) is 0 Å². The minimum absolute atomic E-state index is 0.485. The van der Waals surface area contributed by atoms with Crippen molar-refractivity contribution in [2.24, 2.45) is 12.8 Å². The van der Waals surface area contributed by atoms with Crippen LogP contribution in [-0.4, -0.2) is 21.2 Å². The van der Waals surface area contributed by atoms with Crippen LogP contribution in [0.2, 0.25) is 0 Å². The Morgan fingerprint density at radius 3 is 2.83 bits per heavy atom. The molecular formula is C8H15N3O. The Kier molecular flexibility index (Phi) is 2.83. The number of aliphatic hydroxyl groups is 1. The van der Waals surface area contributed by atoms with Crippen molar-refractivity contribution in [2.45, 2.75) is 19.4 Å². The highest BCUT2D eigenvalue weighted by Crippen LogP contribution is 2.15. The van der Waals surface area contributed by atoms with E-state index >= 15 is 0 Å². The lowest BCUT2D eigenvalue weighted by Crippen LogP contribution is -2.10. The third-order valence-corrected chi connectivity index (χ3v) is 2.04. The molecule has 0 saturated carbocycles. The Bertz CT molecular complexity index is 257. The number of aliphatic hydroxyl groups excluding tert-OH is 1. The van der Waals surface area contributed by atoms with Crippen LogP contribution in [0.4, 0.5) is 0 Å². The third-order valence-electron chi connectivity index (χ3n) is 2.04. The van der Waals surface area contributed by atoms with Crippen molar-refractivity contribution in [3.8, 4) is 0 Å². The van der Waals surface area contributed by atoms with Gasteiger partial charge in [0.05, 0.1) is 18.0 Å². The number of nitrogens with zero attached hydrogens (tertiary/aromatic N) is 2. The van der Waals surface area contributed by atoms with Gasteiger partial charge in [0, 0.05) is 7.05 Å². The van der Waals surface area contributed by atoms with E-state index in [2.05, 4.69) is 4.98 Å². The van der Waals surface area contributed by atoms with E-state index in [-0.39, 0.29) is 0 Å². The summed E-state index contributed by atoms with van der Waals surface area (Å²) in [4.78, 5) is 4.08. The lowest BCUT2D eigenvalue weighted by atomic mass is 10.2. The van der Waals surface area contributed by atoms with Gasteiger partial charge in [-0.15, -0.1) is 0 Å². The molecule has 1 rings (SSSR count). The van der Waals surface area contributed by atoms with Crippen LogP contribution < -0.4 is 5.73 Å². The van der Waals surface area contributed by atoms with Crippen LogP contribution in [0.25, 0.3) is 0 Å². The molecule has 1 atom stereocenters. The maximum absolute atomic E-state index is 9.57. The van der Waals surface area contributed by atoms with Crippen LogP contribution in [-0.2, 0) is 7.05 Å². The summed E-state index contributed by atoms with van der Waals surface area (Å²) in [6, 6.07) is 0. The van der Waals surface area contributed by atoms with Crippen LogP contribution in [0.5, 0.6) is 0 Å². The SMILES string of the molecule is Cc1ncc(C(O)CCN)n1C. The highest BCUT2D eigenvalue weighted by atomic mass is 16.3. The molecule has 0 radical (unpaired) electrons. The summed E-state index contributed by atoms with van der Waals surface area (Å²) in [5, 5.41) is 9.57. The Morgan fingerprint density at radius 2 is 2.42 bits per heavy atom. The van der Waals surface area contributed by atoms with E-state index in [1.54, 1.807) is 6.20 Å². The van der Waals surface area contributed by atoms with Crippen molar-refractivity contribution in [3.63, 3.8) is 0 Å². The predicted octanol–water partition coefficient (Wildman–Crippen LogP) is 0.111. The van der Waals surface area contributed by atoms with Gasteiger partial charge in [-0.25, -0.2) is 4.98 Å². The maximum atomic E-state index is 9.57. The average Bonchev–Trinajstić information content (AvgIpc) is 2.34. The van der Waals surface area contributed by atoms with E-state index in [0.29, 0.717) is 13.0 Å². The van der Waals surface area contributed by atoms with Crippen molar-refractivity contribution in [1.82, 2.24) is 9.55 Å². The number of rotatable bonds is 3. The second kappa shape index (κ2) is 3.69. The molecule has 3 N–H and O–H groups in total. The number of nitrogens with two attached hydrogens (primary N) is 1. The zero-order valence-electron chi connectivity index (χ0n) is 7.49. The molecule has 0 aliphatic heterocycles. The topological polar surface area (TPSA) is 64.1 Å². The molecule has 0 fully saturated rings. The summed E-state index contributed by atoms with van der Waals surface area (Å²) in [7, 11) is 1.89. The molecule has 0 aliphatic carbocycles. The van der Waals surface area contributed by atoms with Crippen LogP contribution >= 0.6 is 0 Å². The number of hydrogen-bond acceptors (Lipinski definition) is 3. The lowest BCUT2D eigenvalue weighted by Gasteiger charge is -2.09. The first-order valence-electron chi connectivity index (χ1n) is 4.03. The Balaban J connectivity index is 2.80. The molecular weight excluding hydrogens is 154 g/mol. The van der Waals surface area contributed by atoms with E-state index in [0.717, 1.165) is 11.5 Å². The molecule has 12 heavy (non-hydrogen) atoms. The zero-order chi connectivity index (χ0) is 9.14. The van der Waals surface area contributed by atoms with Crippen molar-refractivity contribution in [3.05, 3.63) is 17.7 Å². The average molecular weight is 169 g/mol. The largest absolute Gasteiger partial charge is 0.387 e. The Labute approximate surface area is 72.0 Å². The highest BCUT2D eigenvalue weighted by molar-refractivity contribution is 5.06. The molecule has 0 aromatic carbocycles. The number of aromatic nitrogens is 2. The maximum Gasteiger partial charge on any atom is 0.105 e. The van der Waals surface area contributed by atoms with Gasteiger partial charge in [-0.2, -0.15) is 0 Å². The molecule has 0 spiro atoms. The summed E-state index contributed by atoms with van der Waals surface area (Å²) in [5.74, 6) is 0.904. The molecule has 1 unspecified atom stereocenters. The lowest BCUT2D eigenvalue weighted by molar-refractivity contribution is 0.162. The molecule has 1 aromatic rings. The van der Waals surface area contributed by atoms with Crippen LogP contribution in [0.15, 0.2) is 6.20 Å². The first kappa shape index (κ1) is 9.22. The van der Waals surface area contributed by atoms with Crippen molar-refractivity contribution < 1.29 is 5.11 Å². The van der Waals surface area contributed by atoms with Gasteiger partial charge in [0.2, 0.25) is 0 Å². The standard InChI is InChI=1S/C8H15N3O/c1-6-10-5-7(11(6)2)8(12)3-4-9/h5,8,12H,3-4,9H2,1-2H3. The Morgan fingerprint density at radius 1 is 1.75 bits per heavy atom. The number of aryl methyl sites for hydroxylation is 1. The minimum atomic E-state index is -0.485. The zero-order valence-corrected chi connectivity index (χ0v) is 7.49. The fourth-order valence-electron chi connectivity index (χ4n) is 1.13. The van der Waals surface area contributed by atoms with E-state index in [4.69, 9.17) is 5.73 Å². The van der Waals surface area contributed by atoms with Crippen molar-refractivity contribution >= 4 is 0 Å². The molecule has 68 valence electrons. The van der Waals surface area contributed by atoms with E-state index in [1.807, 2.05) is 18.5 Å². The van der Waals surface area contributed by atoms with Crippen LogP contribution in [0.3, 0.4) is 0 Å². The normalized spacial score (nSPS) is 13.3. The molecule has 0 aliphatic rings. The first-order valence-corrected chi connectivity index (χ1v) is 4.03. The second-order valence-electron chi connectivity index (χ2n) is 2.88. The van der Waals surface area contributed by atoms with Gasteiger partial charge >= 0.3 is 0 Å². The number of imidazole rings is 1. The summed E-state index contributed by atoms with van der Waals surface area (Å²) in [5.41, 5.74) is 6.17. The summed E-state index contributed by atoms with van der Waals surface area (Å²) in [6.45, 7) is 2.39. The van der Waals surface area contributed by atoms with Gasteiger partial charge in [0.25, 0.3) is 0 Å². The van der Waals surface area contributed by atoms with Gasteiger partial charge in [-0.3, -0.25) is 0 Å². The van der Waals surface area contributed by atoms with Crippen LogP contribution in [0, 0.1) is 6.92 Å². The second-order valence-corrected chi connectivity index (χ2v) is 2.88. The molecule has 4 nitrogen and oxygen atoms in total. The van der Waals surface area contributed by atoms with Crippen molar-refractivity contribution in [2.75, 3.05) is 6.54 Å². The highest BCUT2D eigenvalue weighted by Gasteiger charge is 2.11. The predicted molar refractivity (Wildman–Crippen MR) is 46.6 cm³/mol. The van der Waals surface area contributed by atoms with E-state index < -0.39 is 6.10 Å². The molecule has 4 heteroatoms. The van der Waals surface area contributed by atoms with E-state index in [9.17, 15) is 5.11 Å². The van der Waals surface area contributed by atoms with Gasteiger partial charge in [-0.1, -0.05) is 0 Å². The summed E-state index contributed by atoms with van der Waals surface area (Å²) < 4.78 is 1.88. The third kappa shape index (κ3) is 1.65. The quantitative estimate of drug-likeness (QED) is 0.675. The van der Waals surface area contributed by atoms with Crippen molar-refractivity contribution in [1.29, 1.82) is 0 Å².